The second kappa shape index (κ2) is 5.22. The molecule has 2 unspecified atom stereocenters. The fourth-order valence-electron chi connectivity index (χ4n) is 1.43. The summed E-state index contributed by atoms with van der Waals surface area (Å²) in [7, 11) is 0. The summed E-state index contributed by atoms with van der Waals surface area (Å²) in [5.41, 5.74) is 0. The Labute approximate surface area is 120 Å². The SMILES string of the molecule is CC1CCC(C(=O)O)C1.[CsH]. The maximum absolute atomic E-state index is 10.3. The molecule has 54 valence electrons. The number of hydrogen-bond acceptors (Lipinski definition) is 1. The van der Waals surface area contributed by atoms with Gasteiger partial charge in [0.2, 0.25) is 0 Å². The molecule has 0 amide bonds. The Morgan fingerprint density at radius 2 is 2.10 bits per heavy atom. The van der Waals surface area contributed by atoms with E-state index in [-0.39, 0.29) is 74.8 Å². The second-order valence-electron chi connectivity index (χ2n) is 2.95. The molecule has 1 N–H and O–H groups in total. The monoisotopic (exact) mass is 262 g/mol. The van der Waals surface area contributed by atoms with E-state index in [4.69, 9.17) is 5.11 Å². The van der Waals surface area contributed by atoms with Gasteiger partial charge in [0, 0.05) is 0 Å². The van der Waals surface area contributed by atoms with Crippen LogP contribution >= 0.6 is 0 Å². The van der Waals surface area contributed by atoms with E-state index in [1.54, 1.807) is 0 Å². The van der Waals surface area contributed by atoms with Gasteiger partial charge in [0.25, 0.3) is 0 Å². The average molecular weight is 262 g/mol. The molecule has 10 heavy (non-hydrogen) atoms. The predicted molar refractivity (Wildman–Crippen MR) is 41.3 cm³/mol. The maximum atomic E-state index is 10.3. The van der Waals surface area contributed by atoms with Crippen molar-refractivity contribution in [2.45, 2.75) is 26.2 Å². The van der Waals surface area contributed by atoms with Crippen LogP contribution in [0, 0.1) is 11.8 Å². The van der Waals surface area contributed by atoms with Crippen LogP contribution in [0.3, 0.4) is 0 Å². The van der Waals surface area contributed by atoms with Gasteiger partial charge < -0.3 is 5.11 Å². The van der Waals surface area contributed by atoms with Crippen molar-refractivity contribution in [1.29, 1.82) is 0 Å². The minimum absolute atomic E-state index is 0. The number of carboxylic acids is 1. The molecule has 0 saturated heterocycles. The van der Waals surface area contributed by atoms with Gasteiger partial charge in [-0.25, -0.2) is 0 Å². The summed E-state index contributed by atoms with van der Waals surface area (Å²) in [6.45, 7) is 2.11. The van der Waals surface area contributed by atoms with Crippen LogP contribution in [0.5, 0.6) is 0 Å². The van der Waals surface area contributed by atoms with Crippen molar-refractivity contribution >= 4 is 74.9 Å². The Morgan fingerprint density at radius 3 is 2.30 bits per heavy atom. The van der Waals surface area contributed by atoms with Gasteiger partial charge in [-0.3, -0.25) is 4.79 Å². The van der Waals surface area contributed by atoms with Gasteiger partial charge in [-0.15, -0.1) is 0 Å². The Bertz CT molecular complexity index is 125. The Hall–Kier alpha value is 1.52. The van der Waals surface area contributed by atoms with E-state index in [1.165, 1.54) is 0 Å². The predicted octanol–water partition coefficient (Wildman–Crippen LogP) is 0.859. The molecule has 0 aromatic carbocycles. The molecule has 0 heterocycles. The first kappa shape index (κ1) is 11.5. The molecule has 0 spiro atoms. The van der Waals surface area contributed by atoms with Crippen LogP contribution in [0.4, 0.5) is 0 Å². The molecule has 2 nitrogen and oxygen atoms in total. The molecule has 0 bridgehead atoms. The fourth-order valence-corrected chi connectivity index (χ4v) is 1.43. The molecule has 1 aliphatic carbocycles. The Kier molecular flexibility index (Phi) is 6.01. The van der Waals surface area contributed by atoms with E-state index >= 15 is 0 Å². The summed E-state index contributed by atoms with van der Waals surface area (Å²) in [6.07, 6.45) is 2.86. The van der Waals surface area contributed by atoms with Crippen molar-refractivity contribution < 1.29 is 9.90 Å². The first-order chi connectivity index (χ1) is 4.20. The average Bonchev–Trinajstić information content (AvgIpc) is 2.14. The number of aliphatic carboxylic acids is 1. The van der Waals surface area contributed by atoms with Crippen molar-refractivity contribution in [3.05, 3.63) is 0 Å². The zero-order valence-corrected chi connectivity index (χ0v) is 5.63. The minimum atomic E-state index is -0.612. The molecule has 2 atom stereocenters. The summed E-state index contributed by atoms with van der Waals surface area (Å²) in [6, 6.07) is 0. The van der Waals surface area contributed by atoms with Crippen LogP contribution in [0.1, 0.15) is 26.2 Å². The molecule has 0 aliphatic heterocycles. The molecule has 1 saturated carbocycles. The third kappa shape index (κ3) is 3.28. The van der Waals surface area contributed by atoms with Gasteiger partial charge >= 0.3 is 74.9 Å². The zero-order chi connectivity index (χ0) is 6.85. The first-order valence-electron chi connectivity index (χ1n) is 3.43. The first-order valence-corrected chi connectivity index (χ1v) is 3.43. The van der Waals surface area contributed by atoms with Gasteiger partial charge in [0.05, 0.1) is 5.92 Å². The van der Waals surface area contributed by atoms with Gasteiger partial charge in [-0.1, -0.05) is 6.92 Å². The van der Waals surface area contributed by atoms with E-state index < -0.39 is 5.97 Å². The van der Waals surface area contributed by atoms with Gasteiger partial charge in [-0.2, -0.15) is 0 Å². The van der Waals surface area contributed by atoms with Crippen molar-refractivity contribution in [3.63, 3.8) is 0 Å². The molecule has 1 aliphatic rings. The Morgan fingerprint density at radius 1 is 1.50 bits per heavy atom. The van der Waals surface area contributed by atoms with Crippen LogP contribution in [0.25, 0.3) is 0 Å². The van der Waals surface area contributed by atoms with Crippen LogP contribution < -0.4 is 0 Å². The molecular weight excluding hydrogens is 249 g/mol. The molecule has 1 rings (SSSR count). The summed E-state index contributed by atoms with van der Waals surface area (Å²) in [5, 5.41) is 8.53. The molecule has 3 heteroatoms. The number of rotatable bonds is 1. The fraction of sp³-hybridized carbons (Fsp3) is 0.857. The van der Waals surface area contributed by atoms with Crippen molar-refractivity contribution in [3.8, 4) is 0 Å². The van der Waals surface area contributed by atoms with E-state index in [0.717, 1.165) is 19.3 Å². The van der Waals surface area contributed by atoms with Crippen LogP contribution in [-0.2, 0) is 4.79 Å². The van der Waals surface area contributed by atoms with Crippen LogP contribution in [0.15, 0.2) is 0 Å². The number of carbonyl (C=O) groups is 1. The topological polar surface area (TPSA) is 37.3 Å². The zero-order valence-electron chi connectivity index (χ0n) is 5.63. The van der Waals surface area contributed by atoms with Crippen molar-refractivity contribution in [2.24, 2.45) is 11.8 Å². The summed E-state index contributed by atoms with van der Waals surface area (Å²) in [5.74, 6) is -0.0227. The standard InChI is InChI=1S/C7H12O2.Cs.H/c1-5-2-3-6(4-5)7(8)9;;/h5-6H,2-4H2,1H3,(H,8,9);;. The van der Waals surface area contributed by atoms with E-state index in [1.807, 2.05) is 0 Å². The molecule has 0 radical (unpaired) electrons. The summed E-state index contributed by atoms with van der Waals surface area (Å²) < 4.78 is 0. The normalized spacial score (nSPS) is 31.3. The molecule has 0 aromatic heterocycles. The summed E-state index contributed by atoms with van der Waals surface area (Å²) in [4.78, 5) is 10.3. The third-order valence-corrected chi connectivity index (χ3v) is 2.04. The van der Waals surface area contributed by atoms with Crippen molar-refractivity contribution in [1.82, 2.24) is 0 Å². The van der Waals surface area contributed by atoms with Gasteiger partial charge in [0.1, 0.15) is 0 Å². The number of hydrogen-bond donors (Lipinski definition) is 1. The van der Waals surface area contributed by atoms with Gasteiger partial charge in [0.15, 0.2) is 0 Å². The quantitative estimate of drug-likeness (QED) is 0.761. The molecule has 1 fully saturated rings. The molecule has 0 aromatic rings. The van der Waals surface area contributed by atoms with E-state index in [9.17, 15) is 4.79 Å². The van der Waals surface area contributed by atoms with E-state index in [0.29, 0.717) is 5.92 Å². The summed E-state index contributed by atoms with van der Waals surface area (Å²) >= 11 is 0. The molecular formula is C7H13CsO2. The number of carboxylic acid groups (broad SMARTS) is 1. The van der Waals surface area contributed by atoms with Gasteiger partial charge in [-0.05, 0) is 25.2 Å². The van der Waals surface area contributed by atoms with Crippen LogP contribution in [-0.4, -0.2) is 80.0 Å². The van der Waals surface area contributed by atoms with Crippen molar-refractivity contribution in [2.75, 3.05) is 0 Å². The Balaban J connectivity index is 0.000000810. The second-order valence-corrected chi connectivity index (χ2v) is 2.95. The van der Waals surface area contributed by atoms with E-state index in [2.05, 4.69) is 6.92 Å². The van der Waals surface area contributed by atoms with Crippen LogP contribution in [0.2, 0.25) is 0 Å². The third-order valence-electron chi connectivity index (χ3n) is 2.04.